The minimum atomic E-state index is -0.575. The Hall–Kier alpha value is -2.21. The van der Waals surface area contributed by atoms with Gasteiger partial charge in [-0.1, -0.05) is 36.8 Å². The van der Waals surface area contributed by atoms with Gasteiger partial charge in [-0.05, 0) is 31.2 Å². The zero-order chi connectivity index (χ0) is 19.3. The Morgan fingerprint density at radius 3 is 2.27 bits per heavy atom. The van der Waals surface area contributed by atoms with Crippen LogP contribution in [-0.4, -0.2) is 40.8 Å². The van der Waals surface area contributed by atoms with E-state index in [-0.39, 0.29) is 29.9 Å². The van der Waals surface area contributed by atoms with Crippen molar-refractivity contribution in [3.8, 4) is 0 Å². The van der Waals surface area contributed by atoms with Gasteiger partial charge in [0.2, 0.25) is 11.8 Å². The number of hydrogen-bond acceptors (Lipinski definition) is 4. The van der Waals surface area contributed by atoms with E-state index in [1.807, 2.05) is 38.1 Å². The lowest BCUT2D eigenvalue weighted by Crippen LogP contribution is -2.43. The van der Waals surface area contributed by atoms with Crippen LogP contribution < -0.4 is 5.48 Å². The van der Waals surface area contributed by atoms with Crippen LogP contribution >= 0.6 is 0 Å². The maximum atomic E-state index is 12.7. The highest BCUT2D eigenvalue weighted by atomic mass is 16.5. The molecule has 6 heteroatoms. The van der Waals surface area contributed by atoms with E-state index < -0.39 is 11.8 Å². The monoisotopic (exact) mass is 360 g/mol. The van der Waals surface area contributed by atoms with Crippen molar-refractivity contribution >= 4 is 17.6 Å². The number of benzene rings is 1. The van der Waals surface area contributed by atoms with Crippen molar-refractivity contribution in [1.82, 2.24) is 10.4 Å². The van der Waals surface area contributed by atoms with Gasteiger partial charge in [-0.2, -0.15) is 0 Å². The number of ketones is 1. The summed E-state index contributed by atoms with van der Waals surface area (Å²) < 4.78 is 0. The summed E-state index contributed by atoms with van der Waals surface area (Å²) in [6.45, 7) is 6.53. The summed E-state index contributed by atoms with van der Waals surface area (Å²) in [5, 5.41) is 9.10. The molecule has 0 spiro atoms. The molecule has 1 fully saturated rings. The number of rotatable bonds is 6. The second-order valence-corrected chi connectivity index (χ2v) is 7.23. The highest BCUT2D eigenvalue weighted by Crippen LogP contribution is 2.30. The van der Waals surface area contributed by atoms with Gasteiger partial charge in [-0.25, -0.2) is 5.48 Å². The molecule has 2 amide bonds. The summed E-state index contributed by atoms with van der Waals surface area (Å²) in [5.74, 6) is -1.41. The average molecular weight is 360 g/mol. The SMILES string of the molecule is CC(=O)N1CCC([C@@H](CC(=O)C(C)c2ccc(C)cc2)C(=O)NO)CC1. The normalized spacial score (nSPS) is 17.5. The van der Waals surface area contributed by atoms with Crippen LogP contribution in [0.2, 0.25) is 0 Å². The molecule has 2 rings (SSSR count). The van der Waals surface area contributed by atoms with E-state index in [0.717, 1.165) is 11.1 Å². The average Bonchev–Trinajstić information content (AvgIpc) is 2.65. The van der Waals surface area contributed by atoms with Crippen LogP contribution in [0.3, 0.4) is 0 Å². The molecule has 2 N–H and O–H groups in total. The van der Waals surface area contributed by atoms with Crippen molar-refractivity contribution in [3.63, 3.8) is 0 Å². The molecular formula is C20H28N2O4. The van der Waals surface area contributed by atoms with Gasteiger partial charge in [0.25, 0.3) is 0 Å². The van der Waals surface area contributed by atoms with Crippen molar-refractivity contribution in [2.45, 2.75) is 46.0 Å². The summed E-state index contributed by atoms with van der Waals surface area (Å²) >= 11 is 0. The molecule has 142 valence electrons. The number of hydrogen-bond donors (Lipinski definition) is 2. The first-order chi connectivity index (χ1) is 12.3. The Morgan fingerprint density at radius 1 is 1.19 bits per heavy atom. The van der Waals surface area contributed by atoms with E-state index in [0.29, 0.717) is 25.9 Å². The first-order valence-electron chi connectivity index (χ1n) is 9.12. The van der Waals surface area contributed by atoms with Gasteiger partial charge in [-0.3, -0.25) is 19.6 Å². The van der Waals surface area contributed by atoms with Crippen LogP contribution in [0.1, 0.15) is 50.2 Å². The fourth-order valence-electron chi connectivity index (χ4n) is 3.61. The third-order valence-electron chi connectivity index (χ3n) is 5.48. The Balaban J connectivity index is 2.05. The predicted octanol–water partition coefficient (Wildman–Crippen LogP) is 2.44. The third-order valence-corrected chi connectivity index (χ3v) is 5.48. The lowest BCUT2D eigenvalue weighted by molar-refractivity contribution is -0.139. The zero-order valence-corrected chi connectivity index (χ0v) is 15.7. The van der Waals surface area contributed by atoms with E-state index >= 15 is 0 Å². The molecule has 1 aliphatic heterocycles. The molecule has 6 nitrogen and oxygen atoms in total. The van der Waals surface area contributed by atoms with Crippen molar-refractivity contribution in [3.05, 3.63) is 35.4 Å². The highest BCUT2D eigenvalue weighted by Gasteiger charge is 2.34. The summed E-state index contributed by atoms with van der Waals surface area (Å²) in [7, 11) is 0. The molecule has 0 radical (unpaired) electrons. The van der Waals surface area contributed by atoms with Crippen LogP contribution in [0.15, 0.2) is 24.3 Å². The zero-order valence-electron chi connectivity index (χ0n) is 15.7. The van der Waals surface area contributed by atoms with E-state index in [1.54, 1.807) is 10.4 Å². The van der Waals surface area contributed by atoms with Crippen LogP contribution in [-0.2, 0) is 14.4 Å². The summed E-state index contributed by atoms with van der Waals surface area (Å²) in [6, 6.07) is 7.80. The molecule has 1 heterocycles. The topological polar surface area (TPSA) is 86.7 Å². The number of likely N-dealkylation sites (tertiary alicyclic amines) is 1. The van der Waals surface area contributed by atoms with E-state index in [4.69, 9.17) is 5.21 Å². The third kappa shape index (κ3) is 4.91. The van der Waals surface area contributed by atoms with Gasteiger partial charge in [0.05, 0.1) is 0 Å². The van der Waals surface area contributed by atoms with Crippen LogP contribution in [0, 0.1) is 18.8 Å². The van der Waals surface area contributed by atoms with E-state index in [1.165, 1.54) is 6.92 Å². The number of Topliss-reactive ketones (excluding diaryl/α,β-unsaturated/α-hetero) is 1. The molecule has 1 unspecified atom stereocenters. The molecule has 26 heavy (non-hydrogen) atoms. The number of piperidine rings is 1. The Kier molecular flexibility index (Phi) is 6.91. The second kappa shape index (κ2) is 8.94. The molecular weight excluding hydrogens is 332 g/mol. The lowest BCUT2D eigenvalue weighted by atomic mass is 9.78. The van der Waals surface area contributed by atoms with Crippen LogP contribution in [0.4, 0.5) is 0 Å². The van der Waals surface area contributed by atoms with Gasteiger partial charge in [0.15, 0.2) is 0 Å². The fourth-order valence-corrected chi connectivity index (χ4v) is 3.61. The van der Waals surface area contributed by atoms with Crippen LogP contribution in [0.25, 0.3) is 0 Å². The molecule has 1 saturated heterocycles. The standard InChI is InChI=1S/C20H28N2O4/c1-13-4-6-16(7-5-13)14(2)19(24)12-18(20(25)21-26)17-8-10-22(11-9-17)15(3)23/h4-7,14,17-18,26H,8-12H2,1-3H3,(H,21,25)/t14?,18-/m1/s1. The smallest absolute Gasteiger partial charge is 0.247 e. The molecule has 1 aromatic rings. The predicted molar refractivity (Wildman–Crippen MR) is 97.6 cm³/mol. The van der Waals surface area contributed by atoms with Gasteiger partial charge in [-0.15, -0.1) is 0 Å². The molecule has 2 atom stereocenters. The number of nitrogens with one attached hydrogen (secondary N) is 1. The summed E-state index contributed by atoms with van der Waals surface area (Å²) in [4.78, 5) is 38.1. The highest BCUT2D eigenvalue weighted by molar-refractivity contribution is 5.90. The number of carbonyl (C=O) groups is 3. The van der Waals surface area contributed by atoms with Gasteiger partial charge in [0, 0.05) is 38.3 Å². The number of aryl methyl sites for hydroxylation is 1. The van der Waals surface area contributed by atoms with Crippen molar-refractivity contribution in [2.75, 3.05) is 13.1 Å². The fraction of sp³-hybridized carbons (Fsp3) is 0.550. The Morgan fingerprint density at radius 2 is 1.77 bits per heavy atom. The number of carbonyl (C=O) groups excluding carboxylic acids is 3. The number of amides is 2. The maximum Gasteiger partial charge on any atom is 0.247 e. The quantitative estimate of drug-likeness (QED) is 0.603. The first-order valence-corrected chi connectivity index (χ1v) is 9.12. The maximum absolute atomic E-state index is 12.7. The number of hydroxylamine groups is 1. The first kappa shape index (κ1) is 20.1. The largest absolute Gasteiger partial charge is 0.343 e. The van der Waals surface area contributed by atoms with E-state index in [2.05, 4.69) is 0 Å². The second-order valence-electron chi connectivity index (χ2n) is 7.23. The van der Waals surface area contributed by atoms with Crippen molar-refractivity contribution in [1.29, 1.82) is 0 Å². The minimum absolute atomic E-state index is 0.0172. The van der Waals surface area contributed by atoms with Gasteiger partial charge < -0.3 is 4.90 Å². The van der Waals surface area contributed by atoms with E-state index in [9.17, 15) is 14.4 Å². The molecule has 1 aliphatic rings. The minimum Gasteiger partial charge on any atom is -0.343 e. The van der Waals surface area contributed by atoms with Crippen molar-refractivity contribution < 1.29 is 19.6 Å². The van der Waals surface area contributed by atoms with Crippen molar-refractivity contribution in [2.24, 2.45) is 11.8 Å². The molecule has 0 bridgehead atoms. The molecule has 0 saturated carbocycles. The van der Waals surface area contributed by atoms with Gasteiger partial charge >= 0.3 is 0 Å². The number of nitrogens with zero attached hydrogens (tertiary/aromatic N) is 1. The summed E-state index contributed by atoms with van der Waals surface area (Å²) in [5.41, 5.74) is 3.77. The Labute approximate surface area is 154 Å². The lowest BCUT2D eigenvalue weighted by Gasteiger charge is -2.34. The molecule has 1 aromatic carbocycles. The Bertz CT molecular complexity index is 648. The van der Waals surface area contributed by atoms with Crippen LogP contribution in [0.5, 0.6) is 0 Å². The molecule has 0 aromatic heterocycles. The van der Waals surface area contributed by atoms with Gasteiger partial charge in [0.1, 0.15) is 5.78 Å². The molecule has 0 aliphatic carbocycles. The summed E-state index contributed by atoms with van der Waals surface area (Å²) in [6.07, 6.45) is 1.40.